The van der Waals surface area contributed by atoms with Crippen LogP contribution >= 0.6 is 0 Å². The number of nitrogens with zero attached hydrogens (tertiary/aromatic N) is 2. The lowest BCUT2D eigenvalue weighted by Gasteiger charge is -2.32. The second kappa shape index (κ2) is 17.4. The standard InChI is InChI=1S/C64H46N2O/c1-5-21-45(22-6-1)49-29-17-33-53(41-49)65(54-34-18-30-50(42-54)46-23-7-2-8-24-46)62-57-37-13-14-38-58(57)63(64-61(62)59-39-15-16-40-60(59)67-64)66(55-35-19-31-51(43-55)47-25-9-3-10-26-47)56-36-20-32-52(44-56)48-27-11-4-12-28-48/h1-7,9-23,25-44H,8,24H2. The summed E-state index contributed by atoms with van der Waals surface area (Å²) in [5, 5.41) is 4.27. The molecule has 0 spiro atoms. The molecule has 1 aliphatic carbocycles. The zero-order chi connectivity index (χ0) is 44.5. The summed E-state index contributed by atoms with van der Waals surface area (Å²) in [5.74, 6) is 0. The van der Waals surface area contributed by atoms with Gasteiger partial charge in [-0.3, -0.25) is 0 Å². The molecule has 0 amide bonds. The van der Waals surface area contributed by atoms with E-state index in [4.69, 9.17) is 4.42 Å². The molecule has 0 atom stereocenters. The van der Waals surface area contributed by atoms with Crippen LogP contribution in [-0.4, -0.2) is 0 Å². The summed E-state index contributed by atoms with van der Waals surface area (Å²) in [6.45, 7) is 0. The molecule has 3 nitrogen and oxygen atoms in total. The molecule has 1 heterocycles. The zero-order valence-electron chi connectivity index (χ0n) is 37.0. The summed E-state index contributed by atoms with van der Waals surface area (Å²) < 4.78 is 7.33. The molecule has 10 aromatic carbocycles. The number of hydrogen-bond donors (Lipinski definition) is 0. The zero-order valence-corrected chi connectivity index (χ0v) is 37.0. The number of hydrogen-bond acceptors (Lipinski definition) is 3. The molecule has 12 rings (SSSR count). The van der Waals surface area contributed by atoms with Crippen molar-refractivity contribution in [2.45, 2.75) is 12.8 Å². The van der Waals surface area contributed by atoms with Gasteiger partial charge in [-0.1, -0.05) is 200 Å². The summed E-state index contributed by atoms with van der Waals surface area (Å²) >= 11 is 0. The van der Waals surface area contributed by atoms with Gasteiger partial charge in [-0.05, 0) is 112 Å². The van der Waals surface area contributed by atoms with Crippen molar-refractivity contribution in [3.8, 4) is 33.4 Å². The minimum atomic E-state index is 0.811. The first-order valence-corrected chi connectivity index (χ1v) is 23.1. The summed E-state index contributed by atoms with van der Waals surface area (Å²) in [5.41, 5.74) is 17.4. The first-order valence-electron chi connectivity index (χ1n) is 23.1. The van der Waals surface area contributed by atoms with Gasteiger partial charge in [-0.2, -0.15) is 0 Å². The maximum Gasteiger partial charge on any atom is 0.162 e. The van der Waals surface area contributed by atoms with E-state index in [1.54, 1.807) is 0 Å². The smallest absolute Gasteiger partial charge is 0.162 e. The van der Waals surface area contributed by atoms with Crippen LogP contribution < -0.4 is 9.80 Å². The highest BCUT2D eigenvalue weighted by atomic mass is 16.3. The predicted molar refractivity (Wildman–Crippen MR) is 283 cm³/mol. The SMILES string of the molecule is C1=CCCC(c2cccc(N(c3cccc(-c4ccccc4)c3)c3c4ccccc4c(N(c4cccc(-c5ccccc5)c4)c4cccc(-c5ccccc5)c4)c4oc5ccccc5c34)c2)=C1. The van der Waals surface area contributed by atoms with Gasteiger partial charge < -0.3 is 14.2 Å². The van der Waals surface area contributed by atoms with Gasteiger partial charge in [-0.25, -0.2) is 0 Å². The third kappa shape index (κ3) is 7.47. The first kappa shape index (κ1) is 39.9. The quantitative estimate of drug-likeness (QED) is 0.128. The molecule has 0 fully saturated rings. The Morgan fingerprint density at radius 2 is 0.746 bits per heavy atom. The van der Waals surface area contributed by atoms with Crippen LogP contribution in [0.5, 0.6) is 0 Å². The van der Waals surface area contributed by atoms with E-state index in [0.717, 1.165) is 107 Å². The van der Waals surface area contributed by atoms with Crippen molar-refractivity contribution in [3.63, 3.8) is 0 Å². The number of benzene rings is 10. The summed E-state index contributed by atoms with van der Waals surface area (Å²) in [6.07, 6.45) is 8.75. The molecule has 318 valence electrons. The molecule has 3 heteroatoms. The normalized spacial score (nSPS) is 12.4. The number of para-hydroxylation sites is 1. The average Bonchev–Trinajstić information content (AvgIpc) is 3.80. The van der Waals surface area contributed by atoms with Crippen LogP contribution in [0.25, 0.3) is 71.7 Å². The van der Waals surface area contributed by atoms with E-state index in [9.17, 15) is 0 Å². The maximum absolute atomic E-state index is 7.33. The molecule has 0 N–H and O–H groups in total. The minimum absolute atomic E-state index is 0.811. The Hall–Kier alpha value is -8.66. The Labute approximate surface area is 391 Å². The highest BCUT2D eigenvalue weighted by Gasteiger charge is 2.30. The Bertz CT molecular complexity index is 3560. The first-order chi connectivity index (χ1) is 33.2. The Morgan fingerprint density at radius 1 is 0.343 bits per heavy atom. The second-order valence-corrected chi connectivity index (χ2v) is 17.2. The fraction of sp³-hybridized carbons (Fsp3) is 0.0312. The van der Waals surface area contributed by atoms with Crippen LogP contribution in [0.1, 0.15) is 18.4 Å². The molecular formula is C64H46N2O. The van der Waals surface area contributed by atoms with Gasteiger partial charge in [0.05, 0.1) is 16.8 Å². The van der Waals surface area contributed by atoms with E-state index >= 15 is 0 Å². The third-order valence-corrected chi connectivity index (χ3v) is 13.1. The monoisotopic (exact) mass is 858 g/mol. The highest BCUT2D eigenvalue weighted by molar-refractivity contribution is 6.28. The average molecular weight is 859 g/mol. The van der Waals surface area contributed by atoms with Gasteiger partial charge in [-0.15, -0.1) is 0 Å². The third-order valence-electron chi connectivity index (χ3n) is 13.1. The Balaban J connectivity index is 1.18. The molecule has 0 aliphatic heterocycles. The van der Waals surface area contributed by atoms with Crippen molar-refractivity contribution >= 4 is 72.4 Å². The number of furan rings is 1. The molecule has 67 heavy (non-hydrogen) atoms. The largest absolute Gasteiger partial charge is 0.454 e. The fourth-order valence-corrected chi connectivity index (χ4v) is 9.92. The molecule has 0 radical (unpaired) electrons. The lowest BCUT2D eigenvalue weighted by molar-refractivity contribution is 0.669. The maximum atomic E-state index is 7.33. The predicted octanol–water partition coefficient (Wildman–Crippen LogP) is 18.4. The second-order valence-electron chi connectivity index (χ2n) is 17.2. The molecule has 11 aromatic rings. The van der Waals surface area contributed by atoms with Crippen molar-refractivity contribution in [1.29, 1.82) is 0 Å². The van der Waals surface area contributed by atoms with Crippen LogP contribution in [0.2, 0.25) is 0 Å². The minimum Gasteiger partial charge on any atom is -0.454 e. The van der Waals surface area contributed by atoms with E-state index in [-0.39, 0.29) is 0 Å². The number of anilines is 6. The van der Waals surface area contributed by atoms with Gasteiger partial charge in [0.1, 0.15) is 5.58 Å². The van der Waals surface area contributed by atoms with Crippen LogP contribution in [0.3, 0.4) is 0 Å². The highest BCUT2D eigenvalue weighted by Crippen LogP contribution is 2.54. The Kier molecular flexibility index (Phi) is 10.3. The van der Waals surface area contributed by atoms with Crippen molar-refractivity contribution in [2.75, 3.05) is 9.80 Å². The molecular weight excluding hydrogens is 813 g/mol. The van der Waals surface area contributed by atoms with Gasteiger partial charge in [0.15, 0.2) is 5.58 Å². The lowest BCUT2D eigenvalue weighted by Crippen LogP contribution is -2.14. The van der Waals surface area contributed by atoms with E-state index < -0.39 is 0 Å². The topological polar surface area (TPSA) is 19.6 Å². The van der Waals surface area contributed by atoms with Crippen molar-refractivity contribution < 1.29 is 4.42 Å². The molecule has 0 saturated carbocycles. The number of fused-ring (bicyclic) bond motifs is 4. The van der Waals surface area contributed by atoms with Crippen LogP contribution in [0.15, 0.2) is 259 Å². The van der Waals surface area contributed by atoms with E-state index in [0.29, 0.717) is 0 Å². The number of allylic oxidation sites excluding steroid dienone is 4. The lowest BCUT2D eigenvalue weighted by atomic mass is 9.95. The van der Waals surface area contributed by atoms with Crippen LogP contribution in [0.4, 0.5) is 34.1 Å². The fourth-order valence-electron chi connectivity index (χ4n) is 9.92. The van der Waals surface area contributed by atoms with E-state index in [1.807, 2.05) is 0 Å². The summed E-state index contributed by atoms with van der Waals surface area (Å²) in [7, 11) is 0. The summed E-state index contributed by atoms with van der Waals surface area (Å²) in [6, 6.07) is 85.2. The van der Waals surface area contributed by atoms with E-state index in [2.05, 4.69) is 265 Å². The van der Waals surface area contributed by atoms with Crippen molar-refractivity contribution in [2.24, 2.45) is 0 Å². The van der Waals surface area contributed by atoms with Gasteiger partial charge >= 0.3 is 0 Å². The van der Waals surface area contributed by atoms with Gasteiger partial charge in [0, 0.05) is 38.9 Å². The molecule has 0 unspecified atom stereocenters. The van der Waals surface area contributed by atoms with Crippen LogP contribution in [-0.2, 0) is 0 Å². The van der Waals surface area contributed by atoms with E-state index in [1.165, 1.54) is 16.7 Å². The Morgan fingerprint density at radius 3 is 1.24 bits per heavy atom. The molecule has 1 aliphatic rings. The van der Waals surface area contributed by atoms with Gasteiger partial charge in [0.2, 0.25) is 0 Å². The van der Waals surface area contributed by atoms with Crippen molar-refractivity contribution in [3.05, 3.63) is 260 Å². The van der Waals surface area contributed by atoms with Crippen molar-refractivity contribution in [1.82, 2.24) is 0 Å². The summed E-state index contributed by atoms with van der Waals surface area (Å²) in [4.78, 5) is 4.89. The van der Waals surface area contributed by atoms with Crippen LogP contribution in [0, 0.1) is 0 Å². The number of rotatable bonds is 10. The molecule has 0 bridgehead atoms. The van der Waals surface area contributed by atoms with Gasteiger partial charge in [0.25, 0.3) is 0 Å². The molecule has 1 aromatic heterocycles. The molecule has 0 saturated heterocycles.